The van der Waals surface area contributed by atoms with Crippen molar-refractivity contribution in [2.24, 2.45) is 0 Å². The van der Waals surface area contributed by atoms with Crippen molar-refractivity contribution in [2.45, 2.75) is 0 Å². The zero-order valence-corrected chi connectivity index (χ0v) is 25.5. The van der Waals surface area contributed by atoms with Crippen LogP contribution in [-0.4, -0.2) is 19.9 Å². The number of benzene rings is 6. The average Bonchev–Trinajstić information content (AvgIpc) is 3.72. The van der Waals surface area contributed by atoms with Gasteiger partial charge in [0.05, 0.1) is 5.52 Å². The second-order valence-electron chi connectivity index (χ2n) is 11.8. The van der Waals surface area contributed by atoms with Crippen molar-refractivity contribution in [1.29, 1.82) is 0 Å². The molecular weight excluding hydrogens is 592 g/mol. The topological polar surface area (TPSA) is 77.8 Å². The van der Waals surface area contributed by atoms with Gasteiger partial charge in [0.25, 0.3) is 0 Å². The number of aromatic nitrogens is 4. The van der Waals surface area contributed by atoms with E-state index in [1.165, 1.54) is 0 Å². The zero-order valence-electron chi connectivity index (χ0n) is 25.5. The molecule has 4 heterocycles. The third kappa shape index (κ3) is 4.13. The number of rotatable bonds is 4. The van der Waals surface area contributed by atoms with E-state index in [9.17, 15) is 0 Å². The van der Waals surface area contributed by atoms with E-state index in [0.717, 1.165) is 82.6 Å². The highest BCUT2D eigenvalue weighted by Gasteiger charge is 2.23. The fraction of sp³-hybridized carbons (Fsp3) is 0. The Morgan fingerprint density at radius 1 is 0.417 bits per heavy atom. The molecule has 0 radical (unpaired) electrons. The Balaban J connectivity index is 1.31. The van der Waals surface area contributed by atoms with Gasteiger partial charge in [-0.25, -0.2) is 15.0 Å². The van der Waals surface area contributed by atoms with Crippen LogP contribution in [-0.2, 0) is 0 Å². The van der Waals surface area contributed by atoms with Gasteiger partial charge in [0, 0.05) is 55.4 Å². The first-order valence-corrected chi connectivity index (χ1v) is 15.8. The lowest BCUT2D eigenvalue weighted by atomic mass is 9.95. The lowest BCUT2D eigenvalue weighted by Crippen LogP contribution is -2.00. The van der Waals surface area contributed by atoms with Crippen LogP contribution < -0.4 is 0 Å². The maximum atomic E-state index is 6.85. The van der Waals surface area contributed by atoms with Crippen molar-refractivity contribution in [3.05, 3.63) is 146 Å². The Hall–Kier alpha value is -6.66. The van der Waals surface area contributed by atoms with Crippen LogP contribution in [0.15, 0.2) is 155 Å². The predicted molar refractivity (Wildman–Crippen MR) is 191 cm³/mol. The quantitative estimate of drug-likeness (QED) is 0.196. The van der Waals surface area contributed by atoms with E-state index in [1.54, 1.807) is 0 Å². The van der Waals surface area contributed by atoms with Crippen LogP contribution in [0.25, 0.3) is 100 Å². The van der Waals surface area contributed by atoms with Crippen LogP contribution in [0.4, 0.5) is 0 Å². The van der Waals surface area contributed by atoms with Crippen molar-refractivity contribution < 1.29 is 8.83 Å². The summed E-state index contributed by atoms with van der Waals surface area (Å²) < 4.78 is 13.1. The molecule has 0 saturated carbocycles. The second-order valence-corrected chi connectivity index (χ2v) is 11.8. The Morgan fingerprint density at radius 3 is 1.90 bits per heavy atom. The van der Waals surface area contributed by atoms with Gasteiger partial charge in [0.2, 0.25) is 0 Å². The number of furan rings is 2. The standard InChI is InChI=1S/C42H24N4O2/c1-3-11-25(12-4-1)40-44-41(26-13-5-2-6-14-26)46-42(45-40)31-21-20-29(28-17-9-19-35-37(28)30-16-7-8-18-34(30)47-35)39-38(31)32-24-33-27(15-10-22-43-33)23-36(32)48-39/h1-24H. The summed E-state index contributed by atoms with van der Waals surface area (Å²) in [6.07, 6.45) is 1.82. The van der Waals surface area contributed by atoms with Crippen LogP contribution in [0, 0.1) is 0 Å². The normalized spacial score (nSPS) is 11.8. The summed E-state index contributed by atoms with van der Waals surface area (Å²) in [5, 5.41) is 4.98. The first kappa shape index (κ1) is 26.5. The maximum Gasteiger partial charge on any atom is 0.164 e. The van der Waals surface area contributed by atoms with Crippen LogP contribution in [0.1, 0.15) is 0 Å². The van der Waals surface area contributed by atoms with E-state index in [0.29, 0.717) is 17.5 Å². The molecule has 6 aromatic carbocycles. The Labute approximate surface area is 274 Å². The third-order valence-electron chi connectivity index (χ3n) is 8.98. The summed E-state index contributed by atoms with van der Waals surface area (Å²) in [7, 11) is 0. The van der Waals surface area contributed by atoms with Crippen LogP contribution >= 0.6 is 0 Å². The van der Waals surface area contributed by atoms with Crippen molar-refractivity contribution in [2.75, 3.05) is 0 Å². The highest BCUT2D eigenvalue weighted by Crippen LogP contribution is 2.45. The van der Waals surface area contributed by atoms with Gasteiger partial charge in [0.15, 0.2) is 17.5 Å². The van der Waals surface area contributed by atoms with E-state index in [1.807, 2.05) is 103 Å². The van der Waals surface area contributed by atoms with Gasteiger partial charge >= 0.3 is 0 Å². The number of hydrogen-bond acceptors (Lipinski definition) is 6. The summed E-state index contributed by atoms with van der Waals surface area (Å²) in [4.78, 5) is 19.8. The molecule has 0 aliphatic heterocycles. The minimum atomic E-state index is 0.565. The molecule has 0 amide bonds. The summed E-state index contributed by atoms with van der Waals surface area (Å²) in [6.45, 7) is 0. The van der Waals surface area contributed by atoms with E-state index >= 15 is 0 Å². The molecular formula is C42H24N4O2. The highest BCUT2D eigenvalue weighted by atomic mass is 16.3. The number of para-hydroxylation sites is 1. The lowest BCUT2D eigenvalue weighted by molar-refractivity contribution is 0.669. The van der Waals surface area contributed by atoms with E-state index < -0.39 is 0 Å². The third-order valence-corrected chi connectivity index (χ3v) is 8.98. The van der Waals surface area contributed by atoms with Crippen LogP contribution in [0.3, 0.4) is 0 Å². The van der Waals surface area contributed by atoms with E-state index in [2.05, 4.69) is 47.4 Å². The van der Waals surface area contributed by atoms with Gasteiger partial charge in [-0.15, -0.1) is 0 Å². The molecule has 6 heteroatoms. The maximum absolute atomic E-state index is 6.85. The molecule has 6 nitrogen and oxygen atoms in total. The van der Waals surface area contributed by atoms with Crippen molar-refractivity contribution >= 4 is 54.8 Å². The fourth-order valence-electron chi connectivity index (χ4n) is 6.77. The minimum absolute atomic E-state index is 0.565. The second kappa shape index (κ2) is 10.4. The van der Waals surface area contributed by atoms with Gasteiger partial charge in [-0.05, 0) is 48.0 Å². The number of pyridine rings is 1. The van der Waals surface area contributed by atoms with Gasteiger partial charge < -0.3 is 8.83 Å². The van der Waals surface area contributed by atoms with Crippen molar-refractivity contribution in [3.63, 3.8) is 0 Å². The number of fused-ring (bicyclic) bond motifs is 7. The summed E-state index contributed by atoms with van der Waals surface area (Å²) in [5.74, 6) is 1.77. The molecule has 0 atom stereocenters. The predicted octanol–water partition coefficient (Wildman–Crippen LogP) is 10.9. The minimum Gasteiger partial charge on any atom is -0.456 e. The molecule has 0 N–H and O–H groups in total. The monoisotopic (exact) mass is 616 g/mol. The van der Waals surface area contributed by atoms with Gasteiger partial charge in [0.1, 0.15) is 22.3 Å². The molecule has 0 aliphatic rings. The van der Waals surface area contributed by atoms with E-state index in [-0.39, 0.29) is 0 Å². The summed E-state index contributed by atoms with van der Waals surface area (Å²) in [6, 6.07) is 46.8. The Morgan fingerprint density at radius 2 is 1.10 bits per heavy atom. The molecule has 0 aliphatic carbocycles. The molecule has 224 valence electrons. The molecule has 0 unspecified atom stereocenters. The van der Waals surface area contributed by atoms with Crippen molar-refractivity contribution in [3.8, 4) is 45.3 Å². The first-order chi connectivity index (χ1) is 23.8. The molecule has 48 heavy (non-hydrogen) atoms. The van der Waals surface area contributed by atoms with Crippen LogP contribution in [0.2, 0.25) is 0 Å². The van der Waals surface area contributed by atoms with Gasteiger partial charge in [-0.2, -0.15) is 0 Å². The molecule has 4 aromatic heterocycles. The summed E-state index contributed by atoms with van der Waals surface area (Å²) >= 11 is 0. The first-order valence-electron chi connectivity index (χ1n) is 15.8. The zero-order chi connectivity index (χ0) is 31.6. The average molecular weight is 617 g/mol. The van der Waals surface area contributed by atoms with Gasteiger partial charge in [-0.1, -0.05) is 97.1 Å². The molecule has 0 saturated heterocycles. The van der Waals surface area contributed by atoms with Crippen molar-refractivity contribution in [1.82, 2.24) is 19.9 Å². The molecule has 0 spiro atoms. The largest absolute Gasteiger partial charge is 0.456 e. The van der Waals surface area contributed by atoms with E-state index in [4.69, 9.17) is 23.8 Å². The van der Waals surface area contributed by atoms with Crippen LogP contribution in [0.5, 0.6) is 0 Å². The molecule has 10 aromatic rings. The fourth-order valence-corrected chi connectivity index (χ4v) is 6.77. The van der Waals surface area contributed by atoms with Gasteiger partial charge in [-0.3, -0.25) is 4.98 Å². The molecule has 0 fully saturated rings. The smallest absolute Gasteiger partial charge is 0.164 e. The molecule has 0 bridgehead atoms. The Bertz CT molecular complexity index is 2780. The summed E-state index contributed by atoms with van der Waals surface area (Å²) in [5.41, 5.74) is 8.75. The highest BCUT2D eigenvalue weighted by molar-refractivity contribution is 6.21. The Kier molecular flexibility index (Phi) is 5.77. The number of hydrogen-bond donors (Lipinski definition) is 0. The number of nitrogens with zero attached hydrogens (tertiary/aromatic N) is 4. The lowest BCUT2D eigenvalue weighted by Gasteiger charge is -2.11. The SMILES string of the molecule is c1ccc(-c2nc(-c3ccccc3)nc(-c3ccc(-c4cccc5oc6ccccc6c45)c4oc5cc6cccnc6cc5c34)n2)cc1. The molecule has 10 rings (SSSR count).